The summed E-state index contributed by atoms with van der Waals surface area (Å²) in [6.07, 6.45) is -3.81. The first-order valence-corrected chi connectivity index (χ1v) is 6.96. The van der Waals surface area contributed by atoms with E-state index in [9.17, 15) is 13.2 Å². The zero-order valence-electron chi connectivity index (χ0n) is 12.5. The Labute approximate surface area is 127 Å². The van der Waals surface area contributed by atoms with Crippen LogP contribution in [0.3, 0.4) is 0 Å². The van der Waals surface area contributed by atoms with Crippen LogP contribution in [0.25, 0.3) is 5.69 Å². The molecule has 1 unspecified atom stereocenters. The number of halogens is 3. The zero-order valence-corrected chi connectivity index (χ0v) is 12.5. The summed E-state index contributed by atoms with van der Waals surface area (Å²) < 4.78 is 39.8. The molecule has 3 nitrogen and oxygen atoms in total. The first-order chi connectivity index (χ1) is 10.2. The molecule has 22 heavy (non-hydrogen) atoms. The molecule has 0 amide bonds. The van der Waals surface area contributed by atoms with E-state index in [1.54, 1.807) is 0 Å². The molecule has 0 radical (unpaired) electrons. The highest BCUT2D eigenvalue weighted by Crippen LogP contribution is 2.30. The van der Waals surface area contributed by atoms with Gasteiger partial charge in [0.2, 0.25) is 0 Å². The predicted octanol–water partition coefficient (Wildman–Crippen LogP) is 2.98. The van der Waals surface area contributed by atoms with E-state index in [1.807, 2.05) is 24.5 Å². The van der Waals surface area contributed by atoms with Crippen molar-refractivity contribution >= 4 is 0 Å². The Bertz CT molecular complexity index is 645. The van der Waals surface area contributed by atoms with Crippen molar-refractivity contribution in [1.29, 1.82) is 0 Å². The summed E-state index contributed by atoms with van der Waals surface area (Å²) in [5.74, 6) is 0. The number of nitrogens with two attached hydrogens (primary N) is 1. The number of hydrogen-bond donors (Lipinski definition) is 2. The fourth-order valence-electron chi connectivity index (χ4n) is 2.58. The van der Waals surface area contributed by atoms with Gasteiger partial charge in [-0.15, -0.1) is 0 Å². The normalized spacial score (nSPS) is 13.4. The lowest BCUT2D eigenvalue weighted by Crippen LogP contribution is -2.27. The van der Waals surface area contributed by atoms with E-state index in [2.05, 4.69) is 0 Å². The van der Waals surface area contributed by atoms with Crippen LogP contribution in [0.2, 0.25) is 0 Å². The third-order valence-corrected chi connectivity index (χ3v) is 3.71. The van der Waals surface area contributed by atoms with Crippen molar-refractivity contribution in [2.45, 2.75) is 32.5 Å². The van der Waals surface area contributed by atoms with Crippen molar-refractivity contribution in [3.63, 3.8) is 0 Å². The molecule has 0 aliphatic rings. The molecular weight excluding hydrogens is 293 g/mol. The Morgan fingerprint density at radius 3 is 2.27 bits per heavy atom. The number of aliphatic hydroxyl groups is 1. The molecule has 2 rings (SSSR count). The molecule has 0 fully saturated rings. The van der Waals surface area contributed by atoms with E-state index in [0.29, 0.717) is 12.1 Å². The summed E-state index contributed by atoms with van der Waals surface area (Å²) in [5.41, 5.74) is 8.58. The van der Waals surface area contributed by atoms with Gasteiger partial charge in [-0.25, -0.2) is 0 Å². The van der Waals surface area contributed by atoms with Crippen LogP contribution in [0.5, 0.6) is 0 Å². The van der Waals surface area contributed by atoms with Gasteiger partial charge in [-0.05, 0) is 56.2 Å². The van der Waals surface area contributed by atoms with Gasteiger partial charge in [0.15, 0.2) is 0 Å². The largest absolute Gasteiger partial charge is 0.416 e. The number of rotatable bonds is 4. The maximum Gasteiger partial charge on any atom is 0.416 e. The van der Waals surface area contributed by atoms with Crippen molar-refractivity contribution < 1.29 is 18.3 Å². The molecule has 0 spiro atoms. The van der Waals surface area contributed by atoms with E-state index < -0.39 is 11.7 Å². The van der Waals surface area contributed by atoms with E-state index >= 15 is 0 Å². The molecule has 120 valence electrons. The van der Waals surface area contributed by atoms with Crippen LogP contribution in [0.4, 0.5) is 13.2 Å². The Hall–Kier alpha value is -1.79. The van der Waals surface area contributed by atoms with Gasteiger partial charge in [0, 0.05) is 23.1 Å². The molecule has 1 aromatic carbocycles. The lowest BCUT2D eigenvalue weighted by molar-refractivity contribution is -0.137. The average Bonchev–Trinajstić information content (AvgIpc) is 2.72. The molecule has 1 aromatic heterocycles. The first-order valence-electron chi connectivity index (χ1n) is 6.96. The van der Waals surface area contributed by atoms with Crippen LogP contribution in [-0.4, -0.2) is 22.3 Å². The SMILES string of the molecule is Cc1cc(CC(N)CO)c(C)n1-c1ccc(C(F)(F)F)cc1. The smallest absolute Gasteiger partial charge is 0.395 e. The van der Waals surface area contributed by atoms with Gasteiger partial charge in [0.25, 0.3) is 0 Å². The van der Waals surface area contributed by atoms with Gasteiger partial charge in [-0.1, -0.05) is 0 Å². The van der Waals surface area contributed by atoms with Crippen LogP contribution in [-0.2, 0) is 12.6 Å². The maximum atomic E-state index is 12.6. The van der Waals surface area contributed by atoms with Crippen LogP contribution < -0.4 is 5.73 Å². The third-order valence-electron chi connectivity index (χ3n) is 3.71. The van der Waals surface area contributed by atoms with Gasteiger partial charge in [-0.3, -0.25) is 0 Å². The van der Waals surface area contributed by atoms with Crippen molar-refractivity contribution in [3.8, 4) is 5.69 Å². The fourth-order valence-corrected chi connectivity index (χ4v) is 2.58. The van der Waals surface area contributed by atoms with Gasteiger partial charge < -0.3 is 15.4 Å². The van der Waals surface area contributed by atoms with E-state index in [-0.39, 0.29) is 12.6 Å². The third kappa shape index (κ3) is 3.34. The second-order valence-corrected chi connectivity index (χ2v) is 5.42. The minimum absolute atomic E-state index is 0.107. The lowest BCUT2D eigenvalue weighted by Gasteiger charge is -2.13. The Morgan fingerprint density at radius 1 is 1.18 bits per heavy atom. The molecule has 0 aliphatic heterocycles. The van der Waals surface area contributed by atoms with Crippen LogP contribution in [0.15, 0.2) is 30.3 Å². The highest BCUT2D eigenvalue weighted by Gasteiger charge is 2.30. The Kier molecular flexibility index (Phi) is 4.63. The van der Waals surface area contributed by atoms with Crippen molar-refractivity contribution in [3.05, 3.63) is 52.8 Å². The van der Waals surface area contributed by atoms with Crippen molar-refractivity contribution in [1.82, 2.24) is 4.57 Å². The highest BCUT2D eigenvalue weighted by atomic mass is 19.4. The zero-order chi connectivity index (χ0) is 16.5. The van der Waals surface area contributed by atoms with Crippen molar-refractivity contribution in [2.24, 2.45) is 5.73 Å². The van der Waals surface area contributed by atoms with Crippen LogP contribution in [0.1, 0.15) is 22.5 Å². The number of aryl methyl sites for hydroxylation is 1. The van der Waals surface area contributed by atoms with Gasteiger partial charge in [0.05, 0.1) is 12.2 Å². The molecule has 1 heterocycles. The summed E-state index contributed by atoms with van der Waals surface area (Å²) in [6.45, 7) is 3.67. The number of aliphatic hydroxyl groups excluding tert-OH is 1. The van der Waals surface area contributed by atoms with Crippen LogP contribution in [0, 0.1) is 13.8 Å². The fraction of sp³-hybridized carbons (Fsp3) is 0.375. The summed E-state index contributed by atoms with van der Waals surface area (Å²) in [5, 5.41) is 9.05. The number of benzene rings is 1. The molecule has 3 N–H and O–H groups in total. The molecule has 1 atom stereocenters. The number of alkyl halides is 3. The second kappa shape index (κ2) is 6.14. The number of aromatic nitrogens is 1. The van der Waals surface area contributed by atoms with Gasteiger partial charge in [-0.2, -0.15) is 13.2 Å². The number of hydrogen-bond acceptors (Lipinski definition) is 2. The number of nitrogens with zero attached hydrogens (tertiary/aromatic N) is 1. The monoisotopic (exact) mass is 312 g/mol. The molecule has 2 aromatic rings. The van der Waals surface area contributed by atoms with Gasteiger partial charge >= 0.3 is 6.18 Å². The molecule has 0 bridgehead atoms. The van der Waals surface area contributed by atoms with E-state index in [4.69, 9.17) is 10.8 Å². The molecule has 0 aliphatic carbocycles. The summed E-state index contributed by atoms with van der Waals surface area (Å²) in [6, 6.07) is 6.67. The molecule has 0 saturated carbocycles. The maximum absolute atomic E-state index is 12.6. The topological polar surface area (TPSA) is 51.2 Å². The second-order valence-electron chi connectivity index (χ2n) is 5.42. The summed E-state index contributed by atoms with van der Waals surface area (Å²) in [7, 11) is 0. The lowest BCUT2D eigenvalue weighted by atomic mass is 10.1. The standard InChI is InChI=1S/C16H19F3N2O/c1-10-7-12(8-14(20)9-22)11(2)21(10)15-5-3-13(4-6-15)16(17,18)19/h3-7,14,22H,8-9,20H2,1-2H3. The van der Waals surface area contributed by atoms with Gasteiger partial charge in [0.1, 0.15) is 0 Å². The molecular formula is C16H19F3N2O. The molecule has 0 saturated heterocycles. The van der Waals surface area contributed by atoms with E-state index in [1.165, 1.54) is 12.1 Å². The quantitative estimate of drug-likeness (QED) is 0.912. The Morgan fingerprint density at radius 2 is 1.77 bits per heavy atom. The minimum Gasteiger partial charge on any atom is -0.395 e. The summed E-state index contributed by atoms with van der Waals surface area (Å²) >= 11 is 0. The molecule has 6 heteroatoms. The Balaban J connectivity index is 2.37. The first kappa shape index (κ1) is 16.6. The van der Waals surface area contributed by atoms with E-state index in [0.717, 1.165) is 29.1 Å². The average molecular weight is 312 g/mol. The van der Waals surface area contributed by atoms with Crippen LogP contribution >= 0.6 is 0 Å². The van der Waals surface area contributed by atoms with Crippen molar-refractivity contribution in [2.75, 3.05) is 6.61 Å². The predicted molar refractivity (Wildman–Crippen MR) is 79.0 cm³/mol. The summed E-state index contributed by atoms with van der Waals surface area (Å²) in [4.78, 5) is 0. The minimum atomic E-state index is -4.33. The highest BCUT2D eigenvalue weighted by molar-refractivity contribution is 5.43.